The van der Waals surface area contributed by atoms with Crippen molar-refractivity contribution in [3.05, 3.63) is 26.8 Å². The molecule has 0 spiro atoms. The maximum absolute atomic E-state index is 12.5. The SMILES string of the molecule is Cc1c(I)cc(C(=O)OC(C)(C)C)cc1N1CCN(C(=O)OC(C)(C)C)CC1. The summed E-state index contributed by atoms with van der Waals surface area (Å²) in [5, 5.41) is 0. The molecule has 156 valence electrons. The highest BCUT2D eigenvalue weighted by molar-refractivity contribution is 14.1. The minimum Gasteiger partial charge on any atom is -0.456 e. The number of esters is 1. The number of benzene rings is 1. The van der Waals surface area contributed by atoms with Gasteiger partial charge in [-0.1, -0.05) is 0 Å². The lowest BCUT2D eigenvalue weighted by atomic mass is 10.1. The Kier molecular flexibility index (Phi) is 6.89. The Labute approximate surface area is 181 Å². The average Bonchev–Trinajstić information content (AvgIpc) is 2.54. The maximum atomic E-state index is 12.5. The third kappa shape index (κ3) is 6.25. The third-order valence-corrected chi connectivity index (χ3v) is 5.34. The summed E-state index contributed by atoms with van der Waals surface area (Å²) in [6.45, 7) is 15.8. The van der Waals surface area contributed by atoms with Crippen LogP contribution in [0.3, 0.4) is 0 Å². The van der Waals surface area contributed by atoms with Gasteiger partial charge >= 0.3 is 12.1 Å². The first kappa shape index (κ1) is 22.8. The number of carbonyl (C=O) groups excluding carboxylic acids is 2. The lowest BCUT2D eigenvalue weighted by Gasteiger charge is -2.37. The van der Waals surface area contributed by atoms with Gasteiger partial charge < -0.3 is 19.3 Å². The number of rotatable bonds is 2. The van der Waals surface area contributed by atoms with Gasteiger partial charge in [-0.05, 0) is 88.8 Å². The molecule has 0 radical (unpaired) electrons. The lowest BCUT2D eigenvalue weighted by molar-refractivity contribution is 0.00689. The standard InChI is InChI=1S/C21H31IN2O4/c1-14-16(22)12-15(18(25)27-20(2,3)4)13-17(14)23-8-10-24(11-9-23)19(26)28-21(5,6)7/h12-13H,8-11H2,1-7H3. The number of halogens is 1. The van der Waals surface area contributed by atoms with E-state index in [0.717, 1.165) is 14.8 Å². The fourth-order valence-electron chi connectivity index (χ4n) is 2.90. The van der Waals surface area contributed by atoms with Gasteiger partial charge in [-0.2, -0.15) is 0 Å². The van der Waals surface area contributed by atoms with Crippen molar-refractivity contribution < 1.29 is 19.1 Å². The fraction of sp³-hybridized carbons (Fsp3) is 0.619. The van der Waals surface area contributed by atoms with Gasteiger partial charge in [0.15, 0.2) is 0 Å². The van der Waals surface area contributed by atoms with Crippen LogP contribution in [-0.2, 0) is 9.47 Å². The van der Waals surface area contributed by atoms with Gasteiger partial charge in [0.2, 0.25) is 0 Å². The molecule has 0 N–H and O–H groups in total. The highest BCUT2D eigenvalue weighted by Gasteiger charge is 2.27. The lowest BCUT2D eigenvalue weighted by Crippen LogP contribution is -2.50. The first-order chi connectivity index (χ1) is 12.8. The molecule has 0 unspecified atom stereocenters. The Morgan fingerprint density at radius 1 is 0.929 bits per heavy atom. The molecule has 1 aliphatic heterocycles. The molecule has 1 saturated heterocycles. The molecule has 0 bridgehead atoms. The van der Waals surface area contributed by atoms with E-state index in [4.69, 9.17) is 9.47 Å². The Morgan fingerprint density at radius 2 is 1.46 bits per heavy atom. The quantitative estimate of drug-likeness (QED) is 0.437. The van der Waals surface area contributed by atoms with Crippen molar-refractivity contribution in [3.63, 3.8) is 0 Å². The zero-order valence-electron chi connectivity index (χ0n) is 17.9. The molecule has 1 aromatic carbocycles. The fourth-order valence-corrected chi connectivity index (χ4v) is 3.52. The summed E-state index contributed by atoms with van der Waals surface area (Å²) >= 11 is 2.25. The summed E-state index contributed by atoms with van der Waals surface area (Å²) < 4.78 is 12.0. The van der Waals surface area contributed by atoms with Crippen molar-refractivity contribution in [2.24, 2.45) is 0 Å². The van der Waals surface area contributed by atoms with E-state index in [1.807, 2.05) is 53.7 Å². The number of ether oxygens (including phenoxy) is 2. The molecule has 0 saturated carbocycles. The molecule has 0 aliphatic carbocycles. The maximum Gasteiger partial charge on any atom is 0.410 e. The summed E-state index contributed by atoms with van der Waals surface area (Å²) in [6.07, 6.45) is -0.277. The highest BCUT2D eigenvalue weighted by Crippen LogP contribution is 2.29. The molecule has 1 aliphatic rings. The summed E-state index contributed by atoms with van der Waals surface area (Å²) in [4.78, 5) is 28.7. The monoisotopic (exact) mass is 502 g/mol. The van der Waals surface area contributed by atoms with Crippen molar-refractivity contribution in [2.75, 3.05) is 31.1 Å². The van der Waals surface area contributed by atoms with Crippen molar-refractivity contribution in [2.45, 2.75) is 59.7 Å². The van der Waals surface area contributed by atoms with Gasteiger partial charge in [-0.15, -0.1) is 0 Å². The second kappa shape index (κ2) is 8.47. The Bertz CT molecular complexity index is 742. The molecule has 1 aromatic rings. The van der Waals surface area contributed by atoms with E-state index >= 15 is 0 Å². The summed E-state index contributed by atoms with van der Waals surface area (Å²) in [5.41, 5.74) is 1.65. The first-order valence-corrected chi connectivity index (χ1v) is 10.6. The Hall–Kier alpha value is -1.51. The summed E-state index contributed by atoms with van der Waals surface area (Å²) in [6, 6.07) is 3.76. The van der Waals surface area contributed by atoms with Crippen LogP contribution in [0.15, 0.2) is 12.1 Å². The average molecular weight is 502 g/mol. The number of hydrogen-bond acceptors (Lipinski definition) is 5. The van der Waals surface area contributed by atoms with Crippen LogP contribution in [0.2, 0.25) is 0 Å². The number of piperazine rings is 1. The second-order valence-electron chi connectivity index (χ2n) is 9.06. The van der Waals surface area contributed by atoms with E-state index in [2.05, 4.69) is 34.4 Å². The molecular formula is C21H31IN2O4. The van der Waals surface area contributed by atoms with Crippen LogP contribution < -0.4 is 4.90 Å². The van der Waals surface area contributed by atoms with E-state index < -0.39 is 11.2 Å². The smallest absolute Gasteiger partial charge is 0.410 e. The van der Waals surface area contributed by atoms with E-state index in [1.165, 1.54) is 0 Å². The molecule has 28 heavy (non-hydrogen) atoms. The molecular weight excluding hydrogens is 471 g/mol. The van der Waals surface area contributed by atoms with Crippen LogP contribution >= 0.6 is 22.6 Å². The molecule has 2 rings (SSSR count). The van der Waals surface area contributed by atoms with E-state index in [0.29, 0.717) is 31.7 Å². The van der Waals surface area contributed by atoms with Gasteiger partial charge in [-0.25, -0.2) is 9.59 Å². The zero-order chi connectivity index (χ0) is 21.3. The Morgan fingerprint density at radius 3 is 1.96 bits per heavy atom. The Balaban J connectivity index is 2.14. The summed E-state index contributed by atoms with van der Waals surface area (Å²) in [5.74, 6) is -0.320. The summed E-state index contributed by atoms with van der Waals surface area (Å²) in [7, 11) is 0. The number of anilines is 1. The minimum absolute atomic E-state index is 0.277. The number of carbonyl (C=O) groups is 2. The number of nitrogens with zero attached hydrogens (tertiary/aromatic N) is 2. The zero-order valence-corrected chi connectivity index (χ0v) is 20.0. The van der Waals surface area contributed by atoms with E-state index in [-0.39, 0.29) is 12.1 Å². The van der Waals surface area contributed by atoms with Gasteiger partial charge in [0, 0.05) is 35.4 Å². The normalized spacial score (nSPS) is 15.4. The molecule has 0 atom stereocenters. The van der Waals surface area contributed by atoms with Crippen LogP contribution in [0.4, 0.5) is 10.5 Å². The molecule has 1 fully saturated rings. The van der Waals surface area contributed by atoms with Crippen molar-refractivity contribution in [1.29, 1.82) is 0 Å². The molecule has 1 heterocycles. The van der Waals surface area contributed by atoms with Crippen molar-refractivity contribution in [1.82, 2.24) is 4.90 Å². The predicted octanol–water partition coefficient (Wildman–Crippen LogP) is 4.61. The molecule has 7 heteroatoms. The highest BCUT2D eigenvalue weighted by atomic mass is 127. The van der Waals surface area contributed by atoms with Crippen LogP contribution in [0.1, 0.15) is 57.5 Å². The van der Waals surface area contributed by atoms with Crippen LogP contribution in [0.5, 0.6) is 0 Å². The van der Waals surface area contributed by atoms with Gasteiger partial charge in [-0.3, -0.25) is 0 Å². The van der Waals surface area contributed by atoms with Gasteiger partial charge in [0.1, 0.15) is 11.2 Å². The van der Waals surface area contributed by atoms with Crippen LogP contribution in [-0.4, -0.2) is 54.3 Å². The molecule has 6 nitrogen and oxygen atoms in total. The second-order valence-corrected chi connectivity index (χ2v) is 10.2. The van der Waals surface area contributed by atoms with Gasteiger partial charge in [0.25, 0.3) is 0 Å². The first-order valence-electron chi connectivity index (χ1n) is 9.53. The third-order valence-electron chi connectivity index (χ3n) is 4.22. The van der Waals surface area contributed by atoms with E-state index in [1.54, 1.807) is 4.90 Å². The van der Waals surface area contributed by atoms with Crippen LogP contribution in [0.25, 0.3) is 0 Å². The van der Waals surface area contributed by atoms with Crippen LogP contribution in [0, 0.1) is 10.5 Å². The number of amides is 1. The van der Waals surface area contributed by atoms with Crippen molar-refractivity contribution >= 4 is 40.3 Å². The van der Waals surface area contributed by atoms with Gasteiger partial charge in [0.05, 0.1) is 5.56 Å². The largest absolute Gasteiger partial charge is 0.456 e. The van der Waals surface area contributed by atoms with E-state index in [9.17, 15) is 9.59 Å². The topological polar surface area (TPSA) is 59.1 Å². The molecule has 1 amide bonds. The van der Waals surface area contributed by atoms with Crippen molar-refractivity contribution in [3.8, 4) is 0 Å². The minimum atomic E-state index is -0.535. The predicted molar refractivity (Wildman–Crippen MR) is 119 cm³/mol. The molecule has 0 aromatic heterocycles. The number of hydrogen-bond donors (Lipinski definition) is 0.